The van der Waals surface area contributed by atoms with Crippen LogP contribution in [-0.2, 0) is 25.5 Å². The SMILES string of the molecule is CC(C)C[C@H](CC(=O)OCC1c2ccccc2-c2ccccc21)CN(CC(=O)O)C(=O)CCc1ccccc1. The molecule has 1 aliphatic carbocycles. The number of aryl methyl sites for hydroxylation is 1. The van der Waals surface area contributed by atoms with Crippen LogP contribution in [0.5, 0.6) is 0 Å². The summed E-state index contributed by atoms with van der Waals surface area (Å²) in [5.74, 6) is -1.54. The van der Waals surface area contributed by atoms with Gasteiger partial charge >= 0.3 is 11.9 Å². The summed E-state index contributed by atoms with van der Waals surface area (Å²) in [5, 5.41) is 9.47. The normalized spacial score (nSPS) is 13.0. The monoisotopic (exact) mass is 527 g/mol. The van der Waals surface area contributed by atoms with Crippen LogP contribution in [0, 0.1) is 11.8 Å². The first-order chi connectivity index (χ1) is 18.8. The number of carbonyl (C=O) groups is 3. The molecule has 0 aliphatic heterocycles. The van der Waals surface area contributed by atoms with Gasteiger partial charge in [-0.2, -0.15) is 0 Å². The van der Waals surface area contributed by atoms with Gasteiger partial charge in [0.1, 0.15) is 13.2 Å². The quantitative estimate of drug-likeness (QED) is 0.278. The number of hydrogen-bond donors (Lipinski definition) is 1. The van der Waals surface area contributed by atoms with Crippen LogP contribution >= 0.6 is 0 Å². The zero-order valence-electron chi connectivity index (χ0n) is 22.7. The van der Waals surface area contributed by atoms with Gasteiger partial charge in [-0.25, -0.2) is 0 Å². The van der Waals surface area contributed by atoms with Crippen molar-refractivity contribution in [1.82, 2.24) is 4.90 Å². The van der Waals surface area contributed by atoms with Crippen molar-refractivity contribution in [3.63, 3.8) is 0 Å². The summed E-state index contributed by atoms with van der Waals surface area (Å²) >= 11 is 0. The molecule has 39 heavy (non-hydrogen) atoms. The third-order valence-electron chi connectivity index (χ3n) is 7.26. The Hall–Kier alpha value is -3.93. The van der Waals surface area contributed by atoms with Crippen LogP contribution in [-0.4, -0.2) is 47.5 Å². The van der Waals surface area contributed by atoms with E-state index in [0.717, 1.165) is 16.7 Å². The standard InChI is InChI=1S/C33H37NO5/c1-23(2)18-25(20-34(21-32(36)37)31(35)17-16-24-10-4-3-5-11-24)19-33(38)39-22-30-28-14-8-6-12-26(28)27-13-7-9-15-29(27)30/h3-15,23,25,30H,16-22H2,1-2H3,(H,36,37)/t25-/m1/s1. The molecule has 4 rings (SSSR count). The lowest BCUT2D eigenvalue weighted by Crippen LogP contribution is -2.40. The molecule has 0 unspecified atom stereocenters. The smallest absolute Gasteiger partial charge is 0.323 e. The summed E-state index contributed by atoms with van der Waals surface area (Å²) in [4.78, 5) is 39.1. The lowest BCUT2D eigenvalue weighted by atomic mass is 9.93. The molecule has 0 fully saturated rings. The molecule has 6 heteroatoms. The van der Waals surface area contributed by atoms with Gasteiger partial charge in [-0.15, -0.1) is 0 Å². The molecule has 0 saturated carbocycles. The molecule has 0 bridgehead atoms. The predicted molar refractivity (Wildman–Crippen MR) is 151 cm³/mol. The molecule has 1 aliphatic rings. The number of esters is 1. The maximum absolute atomic E-state index is 13.1. The summed E-state index contributed by atoms with van der Waals surface area (Å²) in [6, 6.07) is 26.1. The Morgan fingerprint density at radius 1 is 0.872 bits per heavy atom. The molecule has 0 radical (unpaired) electrons. The van der Waals surface area contributed by atoms with E-state index >= 15 is 0 Å². The average molecular weight is 528 g/mol. The van der Waals surface area contributed by atoms with Crippen molar-refractivity contribution in [2.75, 3.05) is 19.7 Å². The van der Waals surface area contributed by atoms with E-state index in [9.17, 15) is 19.5 Å². The van der Waals surface area contributed by atoms with Gasteiger partial charge in [0.25, 0.3) is 0 Å². The second-order valence-electron chi connectivity index (χ2n) is 10.8. The molecular weight excluding hydrogens is 490 g/mol. The van der Waals surface area contributed by atoms with Gasteiger partial charge in [0.2, 0.25) is 5.91 Å². The Morgan fingerprint density at radius 2 is 1.46 bits per heavy atom. The molecule has 204 valence electrons. The summed E-state index contributed by atoms with van der Waals surface area (Å²) in [6.45, 7) is 4.19. The fourth-order valence-electron chi connectivity index (χ4n) is 5.58. The van der Waals surface area contributed by atoms with Gasteiger partial charge in [0.15, 0.2) is 0 Å². The summed E-state index contributed by atoms with van der Waals surface area (Å²) in [5.41, 5.74) is 5.68. The highest BCUT2D eigenvalue weighted by Gasteiger charge is 2.30. The fraction of sp³-hybridized carbons (Fsp3) is 0.364. The van der Waals surface area contributed by atoms with E-state index < -0.39 is 5.97 Å². The molecule has 0 spiro atoms. The van der Waals surface area contributed by atoms with Crippen molar-refractivity contribution in [3.05, 3.63) is 95.6 Å². The summed E-state index contributed by atoms with van der Waals surface area (Å²) < 4.78 is 5.82. The van der Waals surface area contributed by atoms with Crippen molar-refractivity contribution < 1.29 is 24.2 Å². The minimum absolute atomic E-state index is 0.0204. The number of benzene rings is 3. The molecule has 0 heterocycles. The number of amides is 1. The minimum atomic E-state index is -1.06. The Bertz CT molecular complexity index is 1240. The molecule has 1 N–H and O–H groups in total. The first kappa shape index (κ1) is 28.1. The second-order valence-corrected chi connectivity index (χ2v) is 10.8. The Balaban J connectivity index is 1.39. The van der Waals surface area contributed by atoms with Gasteiger partial charge in [0, 0.05) is 18.9 Å². The Morgan fingerprint density at radius 3 is 2.05 bits per heavy atom. The van der Waals surface area contributed by atoms with Crippen molar-refractivity contribution in [1.29, 1.82) is 0 Å². The minimum Gasteiger partial charge on any atom is -0.480 e. The van der Waals surface area contributed by atoms with Crippen LogP contribution in [0.2, 0.25) is 0 Å². The van der Waals surface area contributed by atoms with E-state index in [1.54, 1.807) is 0 Å². The number of nitrogens with zero attached hydrogens (tertiary/aromatic N) is 1. The number of carboxylic acids is 1. The van der Waals surface area contributed by atoms with Gasteiger partial charge in [-0.05, 0) is 52.5 Å². The molecule has 0 aromatic heterocycles. The maximum atomic E-state index is 13.1. The highest BCUT2D eigenvalue weighted by atomic mass is 16.5. The van der Waals surface area contributed by atoms with Crippen molar-refractivity contribution in [2.24, 2.45) is 11.8 Å². The third kappa shape index (κ3) is 7.56. The van der Waals surface area contributed by atoms with Crippen LogP contribution in [0.4, 0.5) is 0 Å². The Kier molecular flexibility index (Phi) is 9.53. The fourth-order valence-corrected chi connectivity index (χ4v) is 5.58. The van der Waals surface area contributed by atoms with Crippen LogP contribution in [0.1, 0.15) is 55.7 Å². The van der Waals surface area contributed by atoms with E-state index in [-0.39, 0.29) is 62.2 Å². The van der Waals surface area contributed by atoms with Crippen LogP contribution in [0.15, 0.2) is 78.9 Å². The highest BCUT2D eigenvalue weighted by Crippen LogP contribution is 2.44. The van der Waals surface area contributed by atoms with E-state index in [4.69, 9.17) is 4.74 Å². The van der Waals surface area contributed by atoms with Crippen LogP contribution < -0.4 is 0 Å². The predicted octanol–water partition coefficient (Wildman–Crippen LogP) is 5.94. The number of aliphatic carboxylic acids is 1. The maximum Gasteiger partial charge on any atom is 0.323 e. The molecule has 1 amide bonds. The van der Waals surface area contributed by atoms with E-state index in [1.165, 1.54) is 16.0 Å². The number of carbonyl (C=O) groups excluding carboxylic acids is 2. The van der Waals surface area contributed by atoms with Crippen molar-refractivity contribution in [3.8, 4) is 11.1 Å². The third-order valence-corrected chi connectivity index (χ3v) is 7.26. The molecule has 6 nitrogen and oxygen atoms in total. The van der Waals surface area contributed by atoms with Gasteiger partial charge in [-0.1, -0.05) is 92.7 Å². The van der Waals surface area contributed by atoms with Gasteiger partial charge in [-0.3, -0.25) is 14.4 Å². The summed E-state index contributed by atoms with van der Waals surface area (Å²) in [6.07, 6.45) is 1.58. The lowest BCUT2D eigenvalue weighted by Gasteiger charge is -2.27. The molecule has 3 aromatic carbocycles. The van der Waals surface area contributed by atoms with E-state index in [2.05, 4.69) is 38.1 Å². The Labute approximate surface area is 230 Å². The average Bonchev–Trinajstić information content (AvgIpc) is 3.24. The molecule has 3 aromatic rings. The highest BCUT2D eigenvalue weighted by molar-refractivity contribution is 5.82. The largest absolute Gasteiger partial charge is 0.480 e. The molecule has 1 atom stereocenters. The van der Waals surface area contributed by atoms with E-state index in [1.807, 2.05) is 54.6 Å². The van der Waals surface area contributed by atoms with Crippen molar-refractivity contribution in [2.45, 2.75) is 45.4 Å². The van der Waals surface area contributed by atoms with Crippen molar-refractivity contribution >= 4 is 17.8 Å². The number of carboxylic acid groups (broad SMARTS) is 1. The van der Waals surface area contributed by atoms with Gasteiger partial charge < -0.3 is 14.7 Å². The topological polar surface area (TPSA) is 83.9 Å². The second kappa shape index (κ2) is 13.2. The zero-order chi connectivity index (χ0) is 27.8. The van der Waals surface area contributed by atoms with Crippen LogP contribution in [0.25, 0.3) is 11.1 Å². The number of ether oxygens (including phenoxy) is 1. The number of hydrogen-bond acceptors (Lipinski definition) is 4. The lowest BCUT2D eigenvalue weighted by molar-refractivity contribution is -0.147. The van der Waals surface area contributed by atoms with E-state index in [0.29, 0.717) is 12.8 Å². The van der Waals surface area contributed by atoms with Crippen LogP contribution in [0.3, 0.4) is 0 Å². The first-order valence-corrected chi connectivity index (χ1v) is 13.7. The first-order valence-electron chi connectivity index (χ1n) is 13.7. The summed E-state index contributed by atoms with van der Waals surface area (Å²) in [7, 11) is 0. The molecule has 0 saturated heterocycles. The van der Waals surface area contributed by atoms with Gasteiger partial charge in [0.05, 0.1) is 6.42 Å². The zero-order valence-corrected chi connectivity index (χ0v) is 22.7. The molecular formula is C33H37NO5. The number of rotatable bonds is 13. The number of fused-ring (bicyclic) bond motifs is 3.